The highest BCUT2D eigenvalue weighted by Crippen LogP contribution is 2.54. The molecule has 52 heavy (non-hydrogen) atoms. The van der Waals surface area contributed by atoms with Crippen LogP contribution in [0.25, 0.3) is 43.8 Å². The van der Waals surface area contributed by atoms with Crippen molar-refractivity contribution in [2.24, 2.45) is 5.41 Å². The summed E-state index contributed by atoms with van der Waals surface area (Å²) in [4.78, 5) is 0. The molecule has 0 aromatic heterocycles. The Hall–Kier alpha value is -3.65. The maximum atomic E-state index is 15.8. The first-order chi connectivity index (χ1) is 23.9. The van der Waals surface area contributed by atoms with Crippen LogP contribution in [-0.4, -0.2) is 5.11 Å². The smallest absolute Gasteiger partial charge is 0.131 e. The van der Waals surface area contributed by atoms with Crippen molar-refractivity contribution >= 4 is 21.5 Å². The fraction of sp³-hybridized carbons (Fsp3) is 0.480. The lowest BCUT2D eigenvalue weighted by atomic mass is 9.62. The van der Waals surface area contributed by atoms with Crippen molar-refractivity contribution < 1.29 is 9.50 Å². The first kappa shape index (κ1) is 36.7. The highest BCUT2D eigenvalue weighted by molar-refractivity contribution is 6.15. The minimum absolute atomic E-state index is 0.0179. The Morgan fingerprint density at radius 1 is 0.558 bits per heavy atom. The summed E-state index contributed by atoms with van der Waals surface area (Å²) in [5, 5.41) is 17.4. The summed E-state index contributed by atoms with van der Waals surface area (Å²) < 4.78 is 15.8. The summed E-state index contributed by atoms with van der Waals surface area (Å²) in [5.41, 5.74) is 9.58. The number of halogens is 1. The molecule has 0 unspecified atom stereocenters. The van der Waals surface area contributed by atoms with Crippen LogP contribution >= 0.6 is 0 Å². The van der Waals surface area contributed by atoms with E-state index >= 15 is 4.39 Å². The molecule has 274 valence electrons. The highest BCUT2D eigenvalue weighted by Gasteiger charge is 2.40. The molecular weight excluding hydrogens is 636 g/mol. The van der Waals surface area contributed by atoms with Gasteiger partial charge >= 0.3 is 0 Å². The third kappa shape index (κ3) is 6.07. The Morgan fingerprint density at radius 2 is 0.981 bits per heavy atom. The van der Waals surface area contributed by atoms with Crippen LogP contribution in [0, 0.1) is 11.2 Å². The summed E-state index contributed by atoms with van der Waals surface area (Å²) in [6.07, 6.45) is 5.47. The van der Waals surface area contributed by atoms with E-state index in [1.54, 1.807) is 12.1 Å². The van der Waals surface area contributed by atoms with Crippen molar-refractivity contribution in [2.45, 2.75) is 149 Å². The molecule has 0 heterocycles. The number of benzene rings is 5. The van der Waals surface area contributed by atoms with Gasteiger partial charge in [0.2, 0.25) is 0 Å². The maximum Gasteiger partial charge on any atom is 0.131 e. The minimum Gasteiger partial charge on any atom is -0.507 e. The molecule has 0 amide bonds. The fourth-order valence-corrected chi connectivity index (χ4v) is 10.1. The summed E-state index contributed by atoms with van der Waals surface area (Å²) in [6, 6.07) is 23.4. The second-order valence-electron chi connectivity index (χ2n) is 21.0. The van der Waals surface area contributed by atoms with Gasteiger partial charge in [-0.25, -0.2) is 4.39 Å². The monoisotopic (exact) mass is 696 g/mol. The summed E-state index contributed by atoms with van der Waals surface area (Å²) in [6.45, 7) is 30.6. The zero-order valence-corrected chi connectivity index (χ0v) is 34.2. The summed E-state index contributed by atoms with van der Waals surface area (Å²) >= 11 is 0. The molecule has 2 heteroatoms. The molecule has 5 aromatic rings. The Bertz CT molecular complexity index is 2160. The Morgan fingerprint density at radius 3 is 1.42 bits per heavy atom. The van der Waals surface area contributed by atoms with E-state index in [4.69, 9.17) is 0 Å². The average Bonchev–Trinajstić information content (AvgIpc) is 3.03. The van der Waals surface area contributed by atoms with Crippen LogP contribution in [0.3, 0.4) is 0 Å². The second kappa shape index (κ2) is 11.7. The third-order valence-corrected chi connectivity index (χ3v) is 13.2. The molecule has 0 spiro atoms. The van der Waals surface area contributed by atoms with Crippen molar-refractivity contribution in [1.82, 2.24) is 0 Å². The van der Waals surface area contributed by atoms with Gasteiger partial charge in [-0.3, -0.25) is 0 Å². The number of phenols is 1. The molecule has 1 nitrogen and oxygen atoms in total. The number of phenolic OH excluding ortho intramolecular Hbond substituents is 1. The summed E-state index contributed by atoms with van der Waals surface area (Å²) in [7, 11) is 0. The zero-order valence-electron chi connectivity index (χ0n) is 34.2. The molecule has 0 atom stereocenters. The van der Waals surface area contributed by atoms with E-state index in [1.807, 2.05) is 6.07 Å². The molecule has 0 aliphatic heterocycles. The van der Waals surface area contributed by atoms with E-state index < -0.39 is 0 Å². The topological polar surface area (TPSA) is 20.2 Å². The van der Waals surface area contributed by atoms with Crippen LogP contribution in [0.5, 0.6) is 5.75 Å². The number of fused-ring (bicyclic) bond motifs is 4. The molecule has 0 fully saturated rings. The van der Waals surface area contributed by atoms with Crippen molar-refractivity contribution in [1.29, 1.82) is 0 Å². The molecule has 5 aromatic carbocycles. The van der Waals surface area contributed by atoms with E-state index in [0.717, 1.165) is 59.6 Å². The van der Waals surface area contributed by atoms with Crippen molar-refractivity contribution in [3.05, 3.63) is 100 Å². The van der Waals surface area contributed by atoms with Gasteiger partial charge in [0.15, 0.2) is 0 Å². The SMILES string of the molecule is CC(C)(C)CC(C)(C)c1cc(-c2ccccc2F)c(O)c(-c2c3cc4c(cc3cc3cc5c(cc23)C(C)(C)CCC5(C)C)C(C)(C)CCC4(C)C)c1. The number of hydrogen-bond donors (Lipinski definition) is 1. The molecule has 2 aliphatic carbocycles. The van der Waals surface area contributed by atoms with Gasteiger partial charge in [0.05, 0.1) is 0 Å². The lowest BCUT2D eigenvalue weighted by molar-refractivity contribution is 0.284. The number of hydrogen-bond acceptors (Lipinski definition) is 1. The van der Waals surface area contributed by atoms with Gasteiger partial charge in [0.1, 0.15) is 11.6 Å². The van der Waals surface area contributed by atoms with Crippen LogP contribution < -0.4 is 0 Å². The standard InChI is InChI=1S/C50H61FO/c1-45(2,3)29-50(12,13)32-25-36(33-16-14-15-17-42(33)51)44(52)37(26-32)43-34-27-40-38(46(4,5)18-20-48(40,8)9)23-30(34)22-31-24-39-41(28-35(31)43)49(10,11)21-19-47(39,6)7/h14-17,22-28,52H,18-21,29H2,1-13H3. The molecule has 0 radical (unpaired) electrons. The van der Waals surface area contributed by atoms with Gasteiger partial charge < -0.3 is 5.11 Å². The molecule has 7 rings (SSSR count). The normalized spacial score (nSPS) is 19.0. The van der Waals surface area contributed by atoms with Crippen molar-refractivity contribution in [3.63, 3.8) is 0 Å². The quantitative estimate of drug-likeness (QED) is 0.185. The average molecular weight is 697 g/mol. The Labute approximate surface area is 313 Å². The van der Waals surface area contributed by atoms with Crippen LogP contribution in [0.4, 0.5) is 4.39 Å². The van der Waals surface area contributed by atoms with E-state index in [0.29, 0.717) is 11.1 Å². The Balaban J connectivity index is 1.69. The lowest BCUT2D eigenvalue weighted by Crippen LogP contribution is -2.34. The van der Waals surface area contributed by atoms with E-state index in [9.17, 15) is 5.11 Å². The van der Waals surface area contributed by atoms with Gasteiger partial charge in [-0.2, -0.15) is 0 Å². The summed E-state index contributed by atoms with van der Waals surface area (Å²) in [5.74, 6) is -0.183. The largest absolute Gasteiger partial charge is 0.507 e. The Kier molecular flexibility index (Phi) is 8.24. The zero-order chi connectivity index (χ0) is 38.0. The van der Waals surface area contributed by atoms with Crippen LogP contribution in [-0.2, 0) is 27.1 Å². The first-order valence-corrected chi connectivity index (χ1v) is 19.7. The first-order valence-electron chi connectivity index (χ1n) is 19.7. The van der Waals surface area contributed by atoms with Gasteiger partial charge in [-0.05, 0) is 150 Å². The minimum atomic E-state index is -0.326. The second-order valence-corrected chi connectivity index (χ2v) is 21.0. The van der Waals surface area contributed by atoms with E-state index in [1.165, 1.54) is 39.1 Å². The predicted molar refractivity (Wildman–Crippen MR) is 222 cm³/mol. The number of aromatic hydroxyl groups is 1. The lowest BCUT2D eigenvalue weighted by Gasteiger charge is -2.43. The van der Waals surface area contributed by atoms with Crippen molar-refractivity contribution in [2.75, 3.05) is 0 Å². The van der Waals surface area contributed by atoms with Crippen LogP contribution in [0.1, 0.15) is 150 Å². The van der Waals surface area contributed by atoms with Gasteiger partial charge in [0.25, 0.3) is 0 Å². The van der Waals surface area contributed by atoms with E-state index in [-0.39, 0.29) is 44.1 Å². The molecule has 2 aliphatic rings. The van der Waals surface area contributed by atoms with E-state index in [2.05, 4.69) is 132 Å². The third-order valence-electron chi connectivity index (χ3n) is 13.2. The molecular formula is C50H61FO. The highest BCUT2D eigenvalue weighted by atomic mass is 19.1. The number of rotatable bonds is 4. The van der Waals surface area contributed by atoms with Gasteiger partial charge in [-0.15, -0.1) is 0 Å². The molecule has 0 bridgehead atoms. The molecule has 1 N–H and O–H groups in total. The fourth-order valence-electron chi connectivity index (χ4n) is 10.1. The van der Waals surface area contributed by atoms with Gasteiger partial charge in [0, 0.05) is 22.3 Å². The maximum absolute atomic E-state index is 15.8. The van der Waals surface area contributed by atoms with Crippen LogP contribution in [0.2, 0.25) is 0 Å². The van der Waals surface area contributed by atoms with Crippen LogP contribution in [0.15, 0.2) is 66.7 Å². The molecule has 0 saturated carbocycles. The van der Waals surface area contributed by atoms with Gasteiger partial charge in [-0.1, -0.05) is 120 Å². The van der Waals surface area contributed by atoms with Crippen molar-refractivity contribution in [3.8, 4) is 28.0 Å². The molecule has 0 saturated heterocycles. The predicted octanol–water partition coefficient (Wildman–Crippen LogP) is 14.6.